The Morgan fingerprint density at radius 3 is 2.59 bits per heavy atom. The zero-order valence-electron chi connectivity index (χ0n) is 13.7. The lowest BCUT2D eigenvalue weighted by Crippen LogP contribution is -2.33. The number of nitrogens with one attached hydrogen (secondary N) is 1. The van der Waals surface area contributed by atoms with Gasteiger partial charge in [-0.2, -0.15) is 0 Å². The van der Waals surface area contributed by atoms with Gasteiger partial charge in [0, 0.05) is 17.1 Å². The average molecular weight is 463 g/mol. The number of aliphatic hydroxyl groups excluding tert-OH is 1. The minimum absolute atomic E-state index is 0.0130. The van der Waals surface area contributed by atoms with E-state index in [0.29, 0.717) is 5.56 Å². The van der Waals surface area contributed by atoms with Crippen LogP contribution in [0.3, 0.4) is 0 Å². The van der Waals surface area contributed by atoms with Gasteiger partial charge in [0.15, 0.2) is 0 Å². The van der Waals surface area contributed by atoms with E-state index in [-0.39, 0.29) is 12.0 Å². The third kappa shape index (κ3) is 4.82. The summed E-state index contributed by atoms with van der Waals surface area (Å²) >= 11 is 3.30. The molecule has 0 saturated carbocycles. The van der Waals surface area contributed by atoms with Gasteiger partial charge in [0.25, 0.3) is 5.56 Å². The summed E-state index contributed by atoms with van der Waals surface area (Å²) in [5.41, 5.74) is -0.489. The van der Waals surface area contributed by atoms with Crippen molar-refractivity contribution in [1.29, 1.82) is 0 Å². The summed E-state index contributed by atoms with van der Waals surface area (Å²) in [6.45, 7) is -0.542. The second kappa shape index (κ2) is 7.80. The number of nitrogens with zero attached hydrogens (tertiary/aromatic N) is 1. The highest BCUT2D eigenvalue weighted by Crippen LogP contribution is 2.38. The van der Waals surface area contributed by atoms with E-state index < -0.39 is 44.1 Å². The molecule has 27 heavy (non-hydrogen) atoms. The van der Waals surface area contributed by atoms with Gasteiger partial charge >= 0.3 is 13.5 Å². The Morgan fingerprint density at radius 1 is 1.30 bits per heavy atom. The number of aliphatic hydroxyl groups is 1. The lowest BCUT2D eigenvalue weighted by Gasteiger charge is -2.17. The number of aromatic nitrogens is 2. The van der Waals surface area contributed by atoms with Gasteiger partial charge in [-0.25, -0.2) is 9.36 Å². The maximum atomic E-state index is 12.2. The van der Waals surface area contributed by atoms with Crippen LogP contribution in [0.2, 0.25) is 0 Å². The van der Waals surface area contributed by atoms with Crippen molar-refractivity contribution in [2.45, 2.75) is 24.9 Å². The normalized spacial score (nSPS) is 22.9. The summed E-state index contributed by atoms with van der Waals surface area (Å²) in [4.78, 5) is 44.1. The van der Waals surface area contributed by atoms with Crippen LogP contribution in [0.25, 0.3) is 11.1 Å². The number of hydrogen-bond acceptors (Lipinski definition) is 6. The molecular formula is C15H16BrN2O8P. The molecule has 2 heterocycles. The fraction of sp³-hybridized carbons (Fsp3) is 0.333. The topological polar surface area (TPSA) is 151 Å². The van der Waals surface area contributed by atoms with Crippen LogP contribution < -0.4 is 11.2 Å². The van der Waals surface area contributed by atoms with Crippen LogP contribution in [0.15, 0.2) is 44.5 Å². The quantitative estimate of drug-likeness (QED) is 0.474. The van der Waals surface area contributed by atoms with Crippen LogP contribution in [-0.2, 0) is 13.8 Å². The Hall–Kier alpha value is -1.59. The zero-order valence-corrected chi connectivity index (χ0v) is 16.2. The largest absolute Gasteiger partial charge is 0.469 e. The molecule has 10 nitrogen and oxygen atoms in total. The maximum Gasteiger partial charge on any atom is 0.469 e. The van der Waals surface area contributed by atoms with Crippen LogP contribution in [0, 0.1) is 0 Å². The van der Waals surface area contributed by atoms with Crippen molar-refractivity contribution in [3.63, 3.8) is 0 Å². The van der Waals surface area contributed by atoms with Gasteiger partial charge in [-0.3, -0.25) is 18.9 Å². The van der Waals surface area contributed by atoms with E-state index >= 15 is 0 Å². The number of phosphoric acid groups is 1. The predicted molar refractivity (Wildman–Crippen MR) is 97.0 cm³/mol. The third-order valence-electron chi connectivity index (χ3n) is 4.04. The van der Waals surface area contributed by atoms with Gasteiger partial charge in [0.2, 0.25) is 0 Å². The van der Waals surface area contributed by atoms with Gasteiger partial charge in [-0.05, 0) is 17.7 Å². The summed E-state index contributed by atoms with van der Waals surface area (Å²) in [7, 11) is -4.72. The lowest BCUT2D eigenvalue weighted by molar-refractivity contribution is -0.0450. The smallest absolute Gasteiger partial charge is 0.390 e. The van der Waals surface area contributed by atoms with Crippen LogP contribution in [0.4, 0.5) is 0 Å². The summed E-state index contributed by atoms with van der Waals surface area (Å²) in [5.74, 6) is 0. The summed E-state index contributed by atoms with van der Waals surface area (Å²) in [6, 6.07) is 6.89. The van der Waals surface area contributed by atoms with E-state index in [1.54, 1.807) is 24.3 Å². The van der Waals surface area contributed by atoms with Crippen LogP contribution in [0.5, 0.6) is 0 Å². The molecule has 1 fully saturated rings. The van der Waals surface area contributed by atoms with Gasteiger partial charge in [-0.1, -0.05) is 28.1 Å². The van der Waals surface area contributed by atoms with Crippen molar-refractivity contribution in [2.75, 3.05) is 6.61 Å². The number of H-pyrrole nitrogens is 1. The van der Waals surface area contributed by atoms with E-state index in [1.165, 1.54) is 6.20 Å². The molecule has 1 aromatic carbocycles. The molecule has 1 saturated heterocycles. The van der Waals surface area contributed by atoms with Crippen molar-refractivity contribution < 1.29 is 28.7 Å². The first-order valence-corrected chi connectivity index (χ1v) is 10.1. The number of phosphoric ester groups is 1. The molecule has 1 aliphatic heterocycles. The second-order valence-electron chi connectivity index (χ2n) is 5.93. The zero-order chi connectivity index (χ0) is 19.8. The SMILES string of the molecule is O=c1[nH]c(=O)n(C2CC(O)C(COP(=O)(O)O)O2)cc1-c1ccc(Br)cc1. The molecule has 0 amide bonds. The molecule has 4 N–H and O–H groups in total. The number of aromatic amines is 1. The molecule has 0 radical (unpaired) electrons. The molecule has 3 atom stereocenters. The Labute approximate surface area is 160 Å². The van der Waals surface area contributed by atoms with Crippen molar-refractivity contribution >= 4 is 23.8 Å². The van der Waals surface area contributed by atoms with Crippen molar-refractivity contribution in [3.05, 3.63) is 55.8 Å². The minimum Gasteiger partial charge on any atom is -0.390 e. The first-order chi connectivity index (χ1) is 12.6. The standard InChI is InChI=1S/C15H16BrN2O8P/c16-9-3-1-8(2-4-9)10-6-18(15(21)17-14(10)20)13-5-11(19)12(26-13)7-25-27(22,23)24/h1-4,6,11-13,19H,5,7H2,(H,17,20,21)(H2,22,23,24). The first kappa shape index (κ1) is 20.2. The molecule has 1 aromatic heterocycles. The van der Waals surface area contributed by atoms with E-state index in [9.17, 15) is 19.3 Å². The summed E-state index contributed by atoms with van der Waals surface area (Å²) in [5, 5.41) is 10.0. The van der Waals surface area contributed by atoms with E-state index in [1.807, 2.05) is 0 Å². The number of ether oxygens (including phenoxy) is 1. The van der Waals surface area contributed by atoms with E-state index in [0.717, 1.165) is 9.04 Å². The molecular weight excluding hydrogens is 447 g/mol. The number of benzene rings is 1. The van der Waals surface area contributed by atoms with E-state index in [4.69, 9.17) is 14.5 Å². The molecule has 0 spiro atoms. The number of halogens is 1. The molecule has 3 unspecified atom stereocenters. The predicted octanol–water partition coefficient (Wildman–Crippen LogP) is 0.724. The number of hydrogen-bond donors (Lipinski definition) is 4. The molecule has 0 bridgehead atoms. The Bertz CT molecular complexity index is 983. The molecule has 1 aliphatic rings. The van der Waals surface area contributed by atoms with Crippen molar-refractivity contribution in [2.24, 2.45) is 0 Å². The van der Waals surface area contributed by atoms with Crippen molar-refractivity contribution in [3.8, 4) is 11.1 Å². The summed E-state index contributed by atoms with van der Waals surface area (Å²) in [6.07, 6.45) is -1.74. The summed E-state index contributed by atoms with van der Waals surface area (Å²) < 4.78 is 22.6. The van der Waals surface area contributed by atoms with Crippen LogP contribution in [-0.4, -0.2) is 43.3 Å². The second-order valence-corrected chi connectivity index (χ2v) is 8.09. The highest BCUT2D eigenvalue weighted by Gasteiger charge is 2.37. The maximum absolute atomic E-state index is 12.2. The average Bonchev–Trinajstić information content (AvgIpc) is 2.94. The fourth-order valence-electron chi connectivity index (χ4n) is 2.74. The monoisotopic (exact) mass is 462 g/mol. The number of rotatable bonds is 5. The van der Waals surface area contributed by atoms with Gasteiger partial charge in [0.1, 0.15) is 12.3 Å². The van der Waals surface area contributed by atoms with Gasteiger partial charge in [0.05, 0.1) is 18.3 Å². The highest BCUT2D eigenvalue weighted by molar-refractivity contribution is 9.10. The van der Waals surface area contributed by atoms with Gasteiger partial charge < -0.3 is 19.6 Å². The molecule has 0 aliphatic carbocycles. The Balaban J connectivity index is 1.88. The molecule has 3 rings (SSSR count). The van der Waals surface area contributed by atoms with Crippen LogP contribution in [0.1, 0.15) is 12.6 Å². The Kier molecular flexibility index (Phi) is 5.82. The van der Waals surface area contributed by atoms with Crippen LogP contribution >= 0.6 is 23.8 Å². The first-order valence-electron chi connectivity index (χ1n) is 7.79. The van der Waals surface area contributed by atoms with E-state index in [2.05, 4.69) is 25.4 Å². The minimum atomic E-state index is -4.72. The van der Waals surface area contributed by atoms with Crippen molar-refractivity contribution in [1.82, 2.24) is 9.55 Å². The third-order valence-corrected chi connectivity index (χ3v) is 5.06. The fourth-order valence-corrected chi connectivity index (χ4v) is 3.35. The lowest BCUT2D eigenvalue weighted by atomic mass is 10.1. The molecule has 146 valence electrons. The molecule has 2 aromatic rings. The van der Waals surface area contributed by atoms with Gasteiger partial charge in [-0.15, -0.1) is 0 Å². The highest BCUT2D eigenvalue weighted by atomic mass is 79.9. The Morgan fingerprint density at radius 2 is 1.96 bits per heavy atom. The molecule has 12 heteroatoms.